The van der Waals surface area contributed by atoms with E-state index in [4.69, 9.17) is 0 Å². The van der Waals surface area contributed by atoms with Gasteiger partial charge in [0.25, 0.3) is 5.91 Å². The minimum absolute atomic E-state index is 0.181. The van der Waals surface area contributed by atoms with Gasteiger partial charge in [-0.15, -0.1) is 10.2 Å². The zero-order valence-electron chi connectivity index (χ0n) is 12.4. The van der Waals surface area contributed by atoms with Gasteiger partial charge in [-0.05, 0) is 45.9 Å². The van der Waals surface area contributed by atoms with Crippen LogP contribution in [0.4, 0.5) is 5.82 Å². The van der Waals surface area contributed by atoms with Crippen LogP contribution in [-0.4, -0.2) is 53.2 Å². The molecule has 1 saturated heterocycles. The number of rotatable bonds is 4. The molecule has 110 valence electrons. The van der Waals surface area contributed by atoms with Crippen LogP contribution in [0.3, 0.4) is 0 Å². The van der Waals surface area contributed by atoms with Gasteiger partial charge in [-0.1, -0.05) is 0 Å². The Morgan fingerprint density at radius 1 is 1.45 bits per heavy atom. The molecular weight excluding hydrogens is 254 g/mol. The van der Waals surface area contributed by atoms with Crippen LogP contribution in [0, 0.1) is 0 Å². The first-order valence-corrected chi connectivity index (χ1v) is 7.19. The van der Waals surface area contributed by atoms with Gasteiger partial charge in [-0.25, -0.2) is 0 Å². The molecule has 2 unspecified atom stereocenters. The van der Waals surface area contributed by atoms with Crippen molar-refractivity contribution in [2.75, 3.05) is 25.5 Å². The molecule has 20 heavy (non-hydrogen) atoms. The molecule has 0 saturated carbocycles. The third-order valence-electron chi connectivity index (χ3n) is 3.79. The van der Waals surface area contributed by atoms with Crippen molar-refractivity contribution in [1.82, 2.24) is 20.4 Å². The van der Waals surface area contributed by atoms with Crippen molar-refractivity contribution in [2.45, 2.75) is 38.8 Å². The van der Waals surface area contributed by atoms with Crippen molar-refractivity contribution in [3.63, 3.8) is 0 Å². The van der Waals surface area contributed by atoms with E-state index in [1.54, 1.807) is 6.07 Å². The van der Waals surface area contributed by atoms with Crippen LogP contribution in [0.5, 0.6) is 0 Å². The van der Waals surface area contributed by atoms with Crippen LogP contribution in [0.1, 0.15) is 37.2 Å². The lowest BCUT2D eigenvalue weighted by molar-refractivity contribution is 0.0950. The van der Waals surface area contributed by atoms with Crippen molar-refractivity contribution in [1.29, 1.82) is 0 Å². The van der Waals surface area contributed by atoms with Crippen LogP contribution in [0.25, 0.3) is 0 Å². The lowest BCUT2D eigenvalue weighted by Gasteiger charge is -2.35. The Labute approximate surface area is 120 Å². The Morgan fingerprint density at radius 2 is 2.25 bits per heavy atom. The van der Waals surface area contributed by atoms with Crippen molar-refractivity contribution in [3.8, 4) is 0 Å². The molecule has 1 amide bonds. The summed E-state index contributed by atoms with van der Waals surface area (Å²) in [4.78, 5) is 13.9. The van der Waals surface area contributed by atoms with Gasteiger partial charge in [-0.3, -0.25) is 4.79 Å². The molecule has 0 aliphatic carbocycles. The SMILES string of the molecule is CCNC(=O)c1ccc(NC2CCN(C)C(C)C2)nn1. The highest BCUT2D eigenvalue weighted by Gasteiger charge is 2.22. The molecule has 1 aliphatic rings. The number of piperidine rings is 1. The van der Waals surface area contributed by atoms with Gasteiger partial charge in [0.05, 0.1) is 0 Å². The summed E-state index contributed by atoms with van der Waals surface area (Å²) < 4.78 is 0. The number of hydrogen-bond donors (Lipinski definition) is 2. The predicted molar refractivity (Wildman–Crippen MR) is 78.8 cm³/mol. The normalized spacial score (nSPS) is 23.4. The van der Waals surface area contributed by atoms with Gasteiger partial charge >= 0.3 is 0 Å². The topological polar surface area (TPSA) is 70.2 Å². The van der Waals surface area contributed by atoms with Crippen LogP contribution in [-0.2, 0) is 0 Å². The molecule has 0 aromatic carbocycles. The molecule has 0 spiro atoms. The highest BCUT2D eigenvalue weighted by atomic mass is 16.1. The van der Waals surface area contributed by atoms with Crippen LogP contribution in [0.15, 0.2) is 12.1 Å². The molecule has 2 atom stereocenters. The molecule has 6 heteroatoms. The third-order valence-corrected chi connectivity index (χ3v) is 3.79. The molecule has 2 heterocycles. The summed E-state index contributed by atoms with van der Waals surface area (Å²) in [5, 5.41) is 14.2. The number of aromatic nitrogens is 2. The van der Waals surface area contributed by atoms with Crippen molar-refractivity contribution in [2.24, 2.45) is 0 Å². The summed E-state index contributed by atoms with van der Waals surface area (Å²) in [5.74, 6) is 0.555. The van der Waals surface area contributed by atoms with Crippen molar-refractivity contribution in [3.05, 3.63) is 17.8 Å². The number of nitrogens with one attached hydrogen (secondary N) is 2. The van der Waals surface area contributed by atoms with Gasteiger partial charge in [-0.2, -0.15) is 0 Å². The molecule has 1 fully saturated rings. The smallest absolute Gasteiger partial charge is 0.271 e. The van der Waals surface area contributed by atoms with Crippen molar-refractivity contribution >= 4 is 11.7 Å². The van der Waals surface area contributed by atoms with Gasteiger partial charge in [0.1, 0.15) is 5.82 Å². The molecule has 1 aromatic rings. The minimum atomic E-state index is -0.181. The Kier molecular flexibility index (Phi) is 4.89. The van der Waals surface area contributed by atoms with E-state index in [9.17, 15) is 4.79 Å². The van der Waals surface area contributed by atoms with E-state index in [-0.39, 0.29) is 5.91 Å². The number of likely N-dealkylation sites (tertiary alicyclic amines) is 1. The molecule has 2 N–H and O–H groups in total. The van der Waals surface area contributed by atoms with Crippen LogP contribution < -0.4 is 10.6 Å². The molecule has 6 nitrogen and oxygen atoms in total. The van der Waals surface area contributed by atoms with Crippen molar-refractivity contribution < 1.29 is 4.79 Å². The first kappa shape index (κ1) is 14.7. The van der Waals surface area contributed by atoms with Gasteiger partial charge in [0.2, 0.25) is 0 Å². The number of carbonyl (C=O) groups excluding carboxylic acids is 1. The average molecular weight is 277 g/mol. The lowest BCUT2D eigenvalue weighted by atomic mass is 9.99. The van der Waals surface area contributed by atoms with E-state index in [1.165, 1.54) is 0 Å². The predicted octanol–water partition coefficient (Wildman–Crippen LogP) is 1.12. The van der Waals surface area contributed by atoms with E-state index in [1.807, 2.05) is 13.0 Å². The highest BCUT2D eigenvalue weighted by Crippen LogP contribution is 2.18. The molecular formula is C14H23N5O. The van der Waals surface area contributed by atoms with E-state index in [2.05, 4.69) is 39.7 Å². The summed E-state index contributed by atoms with van der Waals surface area (Å²) in [6, 6.07) is 4.52. The summed E-state index contributed by atoms with van der Waals surface area (Å²) in [6.45, 7) is 5.79. The largest absolute Gasteiger partial charge is 0.366 e. The molecule has 0 bridgehead atoms. The van der Waals surface area contributed by atoms with E-state index in [0.29, 0.717) is 24.3 Å². The van der Waals surface area contributed by atoms with E-state index >= 15 is 0 Å². The maximum atomic E-state index is 11.6. The second kappa shape index (κ2) is 6.65. The maximum absolute atomic E-state index is 11.6. The van der Waals surface area contributed by atoms with Gasteiger partial charge in [0, 0.05) is 25.2 Å². The Morgan fingerprint density at radius 3 is 2.85 bits per heavy atom. The zero-order valence-corrected chi connectivity index (χ0v) is 12.4. The monoisotopic (exact) mass is 277 g/mol. The van der Waals surface area contributed by atoms with Crippen LogP contribution >= 0.6 is 0 Å². The summed E-state index contributed by atoms with van der Waals surface area (Å²) >= 11 is 0. The fourth-order valence-electron chi connectivity index (χ4n) is 2.41. The highest BCUT2D eigenvalue weighted by molar-refractivity contribution is 5.92. The number of carbonyl (C=O) groups is 1. The third kappa shape index (κ3) is 3.66. The molecule has 2 rings (SSSR count). The lowest BCUT2D eigenvalue weighted by Crippen LogP contribution is -2.42. The molecule has 0 radical (unpaired) electrons. The number of nitrogens with zero attached hydrogens (tertiary/aromatic N) is 3. The first-order chi connectivity index (χ1) is 9.60. The standard InChI is InChI=1S/C14H23N5O/c1-4-15-14(20)12-5-6-13(18-17-12)16-11-7-8-19(3)10(2)9-11/h5-6,10-11H,4,7-9H2,1-3H3,(H,15,20)(H,16,18). The van der Waals surface area contributed by atoms with Gasteiger partial charge < -0.3 is 15.5 Å². The maximum Gasteiger partial charge on any atom is 0.271 e. The molecule has 1 aromatic heterocycles. The summed E-state index contributed by atoms with van der Waals surface area (Å²) in [6.07, 6.45) is 2.19. The fourth-order valence-corrected chi connectivity index (χ4v) is 2.41. The Balaban J connectivity index is 1.92. The van der Waals surface area contributed by atoms with E-state index in [0.717, 1.165) is 25.2 Å². The second-order valence-electron chi connectivity index (χ2n) is 5.36. The Bertz CT molecular complexity index is 447. The quantitative estimate of drug-likeness (QED) is 0.863. The second-order valence-corrected chi connectivity index (χ2v) is 5.36. The van der Waals surface area contributed by atoms with Crippen LogP contribution in [0.2, 0.25) is 0 Å². The zero-order chi connectivity index (χ0) is 14.5. The summed E-state index contributed by atoms with van der Waals surface area (Å²) in [7, 11) is 2.15. The van der Waals surface area contributed by atoms with E-state index < -0.39 is 0 Å². The summed E-state index contributed by atoms with van der Waals surface area (Å²) in [5.41, 5.74) is 0.356. The average Bonchev–Trinajstić information content (AvgIpc) is 2.44. The molecule has 1 aliphatic heterocycles. The minimum Gasteiger partial charge on any atom is -0.366 e. The fraction of sp³-hybridized carbons (Fsp3) is 0.643. The number of anilines is 1. The Hall–Kier alpha value is -1.69. The van der Waals surface area contributed by atoms with Gasteiger partial charge in [0.15, 0.2) is 5.69 Å². The first-order valence-electron chi connectivity index (χ1n) is 7.19. The number of hydrogen-bond acceptors (Lipinski definition) is 5. The number of amides is 1.